The Kier molecular flexibility index (Phi) is 5.99. The maximum absolute atomic E-state index is 5.66. The number of rotatable bonds is 8. The van der Waals surface area contributed by atoms with E-state index < -0.39 is 0 Å². The summed E-state index contributed by atoms with van der Waals surface area (Å²) in [6, 6.07) is 7.67. The molecule has 0 amide bonds. The minimum Gasteiger partial charge on any atom is -0.497 e. The number of benzene rings is 1. The van der Waals surface area contributed by atoms with Gasteiger partial charge in [-0.25, -0.2) is 0 Å². The quantitative estimate of drug-likeness (QED) is 0.719. The van der Waals surface area contributed by atoms with Crippen LogP contribution in [0.3, 0.4) is 0 Å². The third-order valence-corrected chi connectivity index (χ3v) is 2.91. The smallest absolute Gasteiger partial charge is 0.119 e. The highest BCUT2D eigenvalue weighted by Gasteiger charge is 2.14. The number of hydrogen-bond donors (Lipinski definition) is 1. The summed E-state index contributed by atoms with van der Waals surface area (Å²) in [5.41, 5.74) is 0.192. The van der Waals surface area contributed by atoms with Crippen LogP contribution in [0.5, 0.6) is 11.5 Å². The Balaban J connectivity index is 2.25. The fourth-order valence-electron chi connectivity index (χ4n) is 1.94. The minimum atomic E-state index is 0.192. The van der Waals surface area contributed by atoms with Crippen molar-refractivity contribution in [1.82, 2.24) is 5.32 Å². The summed E-state index contributed by atoms with van der Waals surface area (Å²) in [5, 5.41) is 3.50. The van der Waals surface area contributed by atoms with Gasteiger partial charge in [-0.3, -0.25) is 0 Å². The molecule has 18 heavy (non-hydrogen) atoms. The van der Waals surface area contributed by atoms with E-state index in [0.29, 0.717) is 6.61 Å². The van der Waals surface area contributed by atoms with Crippen LogP contribution in [0.25, 0.3) is 0 Å². The lowest BCUT2D eigenvalue weighted by molar-refractivity contribution is 0.276. The molecule has 0 unspecified atom stereocenters. The van der Waals surface area contributed by atoms with E-state index in [1.54, 1.807) is 7.11 Å². The van der Waals surface area contributed by atoms with Crippen molar-refractivity contribution < 1.29 is 9.47 Å². The van der Waals surface area contributed by atoms with Crippen LogP contribution in [-0.2, 0) is 0 Å². The van der Waals surface area contributed by atoms with Gasteiger partial charge in [0.25, 0.3) is 0 Å². The summed E-state index contributed by atoms with van der Waals surface area (Å²) in [5.74, 6) is 1.73. The zero-order valence-corrected chi connectivity index (χ0v) is 12.0. The Hall–Kier alpha value is -1.22. The first-order chi connectivity index (χ1) is 8.57. The lowest BCUT2D eigenvalue weighted by atomic mass is 9.99. The Morgan fingerprint density at radius 3 is 2.28 bits per heavy atom. The predicted molar refractivity (Wildman–Crippen MR) is 75.5 cm³/mol. The molecular weight excluding hydrogens is 226 g/mol. The van der Waals surface area contributed by atoms with E-state index >= 15 is 0 Å². The van der Waals surface area contributed by atoms with Crippen molar-refractivity contribution in [3.63, 3.8) is 0 Å². The third kappa shape index (κ3) is 5.41. The van der Waals surface area contributed by atoms with Crippen molar-refractivity contribution in [1.29, 1.82) is 0 Å². The lowest BCUT2D eigenvalue weighted by Gasteiger charge is -2.25. The van der Waals surface area contributed by atoms with Gasteiger partial charge >= 0.3 is 0 Å². The Morgan fingerprint density at radius 1 is 1.11 bits per heavy atom. The topological polar surface area (TPSA) is 30.5 Å². The zero-order chi connectivity index (χ0) is 13.4. The molecule has 0 fully saturated rings. The highest BCUT2D eigenvalue weighted by Crippen LogP contribution is 2.16. The Labute approximate surface area is 110 Å². The second-order valence-corrected chi connectivity index (χ2v) is 5.08. The lowest BCUT2D eigenvalue weighted by Crippen LogP contribution is -2.41. The molecule has 1 aromatic carbocycles. The van der Waals surface area contributed by atoms with Gasteiger partial charge in [0.2, 0.25) is 0 Å². The van der Waals surface area contributed by atoms with Crippen LogP contribution in [0.4, 0.5) is 0 Å². The molecule has 3 heteroatoms. The van der Waals surface area contributed by atoms with Crippen molar-refractivity contribution in [3.05, 3.63) is 24.3 Å². The maximum atomic E-state index is 5.66. The molecule has 0 spiro atoms. The molecule has 0 saturated carbocycles. The first kappa shape index (κ1) is 14.8. The zero-order valence-electron chi connectivity index (χ0n) is 12.0. The van der Waals surface area contributed by atoms with Crippen LogP contribution < -0.4 is 14.8 Å². The van der Waals surface area contributed by atoms with Crippen LogP contribution in [0, 0.1) is 0 Å². The molecule has 0 aliphatic rings. The van der Waals surface area contributed by atoms with E-state index in [1.165, 1.54) is 12.8 Å². The number of hydrogen-bond acceptors (Lipinski definition) is 3. The molecule has 102 valence electrons. The Morgan fingerprint density at radius 2 is 1.72 bits per heavy atom. The van der Waals surface area contributed by atoms with E-state index in [1.807, 2.05) is 24.3 Å². The summed E-state index contributed by atoms with van der Waals surface area (Å²) in [4.78, 5) is 0. The van der Waals surface area contributed by atoms with Gasteiger partial charge in [0.05, 0.1) is 7.11 Å². The molecule has 0 atom stereocenters. The average molecular weight is 251 g/mol. The summed E-state index contributed by atoms with van der Waals surface area (Å²) in [7, 11) is 1.66. The van der Waals surface area contributed by atoms with E-state index in [0.717, 1.165) is 18.0 Å². The van der Waals surface area contributed by atoms with Gasteiger partial charge in [-0.2, -0.15) is 0 Å². The summed E-state index contributed by atoms with van der Waals surface area (Å²) >= 11 is 0. The monoisotopic (exact) mass is 251 g/mol. The SMILES string of the molecule is CCCC(C)(C)NCCOc1ccc(OC)cc1. The van der Waals surface area contributed by atoms with Gasteiger partial charge in [-0.1, -0.05) is 13.3 Å². The van der Waals surface area contributed by atoms with Gasteiger partial charge < -0.3 is 14.8 Å². The predicted octanol–water partition coefficient (Wildman–Crippen LogP) is 3.24. The van der Waals surface area contributed by atoms with E-state index in [4.69, 9.17) is 9.47 Å². The van der Waals surface area contributed by atoms with Gasteiger partial charge in [-0.05, 0) is 44.5 Å². The van der Waals surface area contributed by atoms with Crippen LogP contribution >= 0.6 is 0 Å². The third-order valence-electron chi connectivity index (χ3n) is 2.91. The van der Waals surface area contributed by atoms with E-state index in [9.17, 15) is 0 Å². The largest absolute Gasteiger partial charge is 0.497 e. The van der Waals surface area contributed by atoms with Crippen LogP contribution in [0.2, 0.25) is 0 Å². The summed E-state index contributed by atoms with van der Waals surface area (Å²) in [6.45, 7) is 8.20. The molecule has 0 radical (unpaired) electrons. The number of ether oxygens (including phenoxy) is 2. The number of nitrogens with one attached hydrogen (secondary N) is 1. The first-order valence-electron chi connectivity index (χ1n) is 6.59. The van der Waals surface area contributed by atoms with Gasteiger partial charge in [-0.15, -0.1) is 0 Å². The van der Waals surface area contributed by atoms with Crippen molar-refractivity contribution >= 4 is 0 Å². The summed E-state index contributed by atoms with van der Waals surface area (Å²) < 4.78 is 10.8. The summed E-state index contributed by atoms with van der Waals surface area (Å²) in [6.07, 6.45) is 2.37. The van der Waals surface area contributed by atoms with Crippen molar-refractivity contribution in [2.24, 2.45) is 0 Å². The molecule has 0 saturated heterocycles. The normalized spacial score (nSPS) is 11.3. The molecule has 1 rings (SSSR count). The molecule has 3 nitrogen and oxygen atoms in total. The highest BCUT2D eigenvalue weighted by atomic mass is 16.5. The Bertz CT molecular complexity index is 333. The molecular formula is C15H25NO2. The maximum Gasteiger partial charge on any atom is 0.119 e. The minimum absolute atomic E-state index is 0.192. The fraction of sp³-hybridized carbons (Fsp3) is 0.600. The standard InChI is InChI=1S/C15H25NO2/c1-5-10-15(2,3)16-11-12-18-14-8-6-13(17-4)7-9-14/h6-9,16H,5,10-12H2,1-4H3. The second kappa shape index (κ2) is 7.27. The second-order valence-electron chi connectivity index (χ2n) is 5.08. The van der Waals surface area contributed by atoms with E-state index in [2.05, 4.69) is 26.1 Å². The molecule has 0 aliphatic carbocycles. The molecule has 0 heterocycles. The van der Waals surface area contributed by atoms with Crippen molar-refractivity contribution in [3.8, 4) is 11.5 Å². The van der Waals surface area contributed by atoms with Gasteiger partial charge in [0.15, 0.2) is 0 Å². The molecule has 1 N–H and O–H groups in total. The van der Waals surface area contributed by atoms with Crippen LogP contribution in [0.1, 0.15) is 33.6 Å². The van der Waals surface area contributed by atoms with Crippen molar-refractivity contribution in [2.45, 2.75) is 39.2 Å². The number of methoxy groups -OCH3 is 1. The fourth-order valence-corrected chi connectivity index (χ4v) is 1.94. The van der Waals surface area contributed by atoms with Crippen LogP contribution in [-0.4, -0.2) is 25.8 Å². The molecule has 0 aromatic heterocycles. The van der Waals surface area contributed by atoms with Gasteiger partial charge in [0.1, 0.15) is 18.1 Å². The van der Waals surface area contributed by atoms with Crippen LogP contribution in [0.15, 0.2) is 24.3 Å². The van der Waals surface area contributed by atoms with E-state index in [-0.39, 0.29) is 5.54 Å². The van der Waals surface area contributed by atoms with Gasteiger partial charge in [0, 0.05) is 12.1 Å². The first-order valence-corrected chi connectivity index (χ1v) is 6.59. The molecule has 1 aromatic rings. The highest BCUT2D eigenvalue weighted by molar-refractivity contribution is 5.31. The molecule has 0 aliphatic heterocycles. The average Bonchev–Trinajstić information content (AvgIpc) is 2.35. The molecule has 0 bridgehead atoms. The van der Waals surface area contributed by atoms with Crippen molar-refractivity contribution in [2.75, 3.05) is 20.3 Å².